The minimum atomic E-state index is 0. The van der Waals surface area contributed by atoms with Gasteiger partial charge in [0.1, 0.15) is 0 Å². The van der Waals surface area contributed by atoms with Gasteiger partial charge in [-0.1, -0.05) is 24.3 Å². The number of halogens is 1. The zero-order valence-electron chi connectivity index (χ0n) is 12.5. The molecule has 2 aliphatic heterocycles. The van der Waals surface area contributed by atoms with E-state index >= 15 is 0 Å². The SMILES string of the molecule is I.c1ccc2c(c1)CCN(CCCNC1=NCCCN1)C2. The molecule has 0 fully saturated rings. The molecule has 0 spiro atoms. The molecule has 116 valence electrons. The van der Waals surface area contributed by atoms with Crippen LogP contribution in [0.4, 0.5) is 0 Å². The van der Waals surface area contributed by atoms with Crippen LogP contribution in [0.3, 0.4) is 0 Å². The second-order valence-electron chi connectivity index (χ2n) is 5.59. The summed E-state index contributed by atoms with van der Waals surface area (Å²) >= 11 is 0. The van der Waals surface area contributed by atoms with Gasteiger partial charge >= 0.3 is 0 Å². The van der Waals surface area contributed by atoms with Gasteiger partial charge < -0.3 is 10.6 Å². The normalized spacial score (nSPS) is 18.0. The molecule has 0 aromatic heterocycles. The lowest BCUT2D eigenvalue weighted by atomic mass is 10.00. The van der Waals surface area contributed by atoms with Gasteiger partial charge in [0.2, 0.25) is 0 Å². The number of guanidine groups is 1. The summed E-state index contributed by atoms with van der Waals surface area (Å²) in [6.45, 7) is 6.47. The van der Waals surface area contributed by atoms with Crippen LogP contribution in [-0.2, 0) is 13.0 Å². The fourth-order valence-electron chi connectivity index (χ4n) is 2.91. The van der Waals surface area contributed by atoms with E-state index in [4.69, 9.17) is 0 Å². The van der Waals surface area contributed by atoms with Crippen molar-refractivity contribution in [2.24, 2.45) is 4.99 Å². The van der Waals surface area contributed by atoms with Crippen LogP contribution in [0.15, 0.2) is 29.3 Å². The second kappa shape index (κ2) is 8.58. The summed E-state index contributed by atoms with van der Waals surface area (Å²) in [5, 5.41) is 6.69. The Labute approximate surface area is 144 Å². The minimum absolute atomic E-state index is 0. The molecule has 2 aliphatic rings. The smallest absolute Gasteiger partial charge is 0.191 e. The highest BCUT2D eigenvalue weighted by Gasteiger charge is 2.14. The molecule has 0 unspecified atom stereocenters. The lowest BCUT2D eigenvalue weighted by Gasteiger charge is -2.28. The number of nitrogens with zero attached hydrogens (tertiary/aromatic N) is 2. The van der Waals surface area contributed by atoms with Gasteiger partial charge in [0.05, 0.1) is 0 Å². The van der Waals surface area contributed by atoms with Crippen LogP contribution in [0.2, 0.25) is 0 Å². The molecule has 0 atom stereocenters. The van der Waals surface area contributed by atoms with Crippen molar-refractivity contribution in [1.82, 2.24) is 15.5 Å². The van der Waals surface area contributed by atoms with E-state index in [1.54, 1.807) is 0 Å². The van der Waals surface area contributed by atoms with Crippen LogP contribution in [0.1, 0.15) is 24.0 Å². The Balaban J connectivity index is 0.00000161. The van der Waals surface area contributed by atoms with Gasteiger partial charge in [0, 0.05) is 39.3 Å². The third-order valence-corrected chi connectivity index (χ3v) is 4.05. The summed E-state index contributed by atoms with van der Waals surface area (Å²) in [4.78, 5) is 6.98. The largest absolute Gasteiger partial charge is 0.356 e. The lowest BCUT2D eigenvalue weighted by molar-refractivity contribution is 0.251. The van der Waals surface area contributed by atoms with Crippen LogP contribution in [-0.4, -0.2) is 43.6 Å². The maximum atomic E-state index is 4.42. The van der Waals surface area contributed by atoms with E-state index in [9.17, 15) is 0 Å². The topological polar surface area (TPSA) is 39.7 Å². The number of benzene rings is 1. The third-order valence-electron chi connectivity index (χ3n) is 4.05. The molecule has 0 bridgehead atoms. The maximum absolute atomic E-state index is 4.42. The van der Waals surface area contributed by atoms with E-state index in [0.29, 0.717) is 0 Å². The zero-order valence-corrected chi connectivity index (χ0v) is 14.8. The molecule has 1 aromatic rings. The first-order valence-corrected chi connectivity index (χ1v) is 7.73. The lowest BCUT2D eigenvalue weighted by Crippen LogP contribution is -2.42. The van der Waals surface area contributed by atoms with Crippen molar-refractivity contribution >= 4 is 29.9 Å². The fourth-order valence-corrected chi connectivity index (χ4v) is 2.91. The number of hydrogen-bond donors (Lipinski definition) is 2. The minimum Gasteiger partial charge on any atom is -0.356 e. The number of hydrogen-bond acceptors (Lipinski definition) is 4. The first-order chi connectivity index (χ1) is 9.92. The molecule has 0 amide bonds. The van der Waals surface area contributed by atoms with Gasteiger partial charge in [0.15, 0.2) is 5.96 Å². The summed E-state index contributed by atoms with van der Waals surface area (Å²) in [7, 11) is 0. The monoisotopic (exact) mass is 400 g/mol. The highest BCUT2D eigenvalue weighted by molar-refractivity contribution is 14.0. The van der Waals surface area contributed by atoms with Crippen molar-refractivity contribution in [2.75, 3.05) is 32.7 Å². The van der Waals surface area contributed by atoms with E-state index in [1.807, 2.05) is 0 Å². The van der Waals surface area contributed by atoms with Gasteiger partial charge in [-0.2, -0.15) is 0 Å². The molecule has 0 saturated carbocycles. The molecule has 0 aliphatic carbocycles. The number of nitrogens with one attached hydrogen (secondary N) is 2. The average Bonchev–Trinajstić information content (AvgIpc) is 2.52. The summed E-state index contributed by atoms with van der Waals surface area (Å²) in [5.41, 5.74) is 3.03. The van der Waals surface area contributed by atoms with Gasteiger partial charge in [-0.15, -0.1) is 24.0 Å². The summed E-state index contributed by atoms with van der Waals surface area (Å²) in [6, 6.07) is 8.83. The molecular weight excluding hydrogens is 375 g/mol. The van der Waals surface area contributed by atoms with Crippen LogP contribution >= 0.6 is 24.0 Å². The molecular formula is C16H25IN4. The number of rotatable bonds is 4. The van der Waals surface area contributed by atoms with Crippen LogP contribution in [0.5, 0.6) is 0 Å². The first-order valence-electron chi connectivity index (χ1n) is 7.73. The highest BCUT2D eigenvalue weighted by atomic mass is 127. The van der Waals surface area contributed by atoms with E-state index < -0.39 is 0 Å². The molecule has 0 saturated heterocycles. The summed E-state index contributed by atoms with van der Waals surface area (Å²) in [6.07, 6.45) is 3.51. The van der Waals surface area contributed by atoms with Crippen LogP contribution < -0.4 is 10.6 Å². The predicted molar refractivity (Wildman–Crippen MR) is 98.4 cm³/mol. The maximum Gasteiger partial charge on any atom is 0.191 e. The molecule has 3 rings (SSSR count). The molecule has 21 heavy (non-hydrogen) atoms. The van der Waals surface area contributed by atoms with Crippen LogP contribution in [0, 0.1) is 0 Å². The highest BCUT2D eigenvalue weighted by Crippen LogP contribution is 2.18. The van der Waals surface area contributed by atoms with E-state index in [2.05, 4.69) is 44.8 Å². The Morgan fingerprint density at radius 2 is 2.10 bits per heavy atom. The standard InChI is InChI=1S/C16H24N4.HI/c1-2-6-15-13-20(12-7-14(15)5-1)11-4-10-19-16-17-8-3-9-18-16;/h1-2,5-6H,3-4,7-13H2,(H2,17,18,19);1H. The quantitative estimate of drug-likeness (QED) is 0.600. The van der Waals surface area contributed by atoms with Crippen molar-refractivity contribution in [3.05, 3.63) is 35.4 Å². The molecule has 1 aromatic carbocycles. The predicted octanol–water partition coefficient (Wildman–Crippen LogP) is 1.99. The Morgan fingerprint density at radius 3 is 2.90 bits per heavy atom. The fraction of sp³-hybridized carbons (Fsp3) is 0.562. The Kier molecular flexibility index (Phi) is 6.76. The third kappa shape index (κ3) is 4.85. The van der Waals surface area contributed by atoms with E-state index in [-0.39, 0.29) is 24.0 Å². The van der Waals surface area contributed by atoms with Crippen LogP contribution in [0.25, 0.3) is 0 Å². The van der Waals surface area contributed by atoms with Crippen molar-refractivity contribution < 1.29 is 0 Å². The summed E-state index contributed by atoms with van der Waals surface area (Å²) < 4.78 is 0. The Morgan fingerprint density at radius 1 is 1.24 bits per heavy atom. The van der Waals surface area contributed by atoms with Gasteiger partial charge in [-0.3, -0.25) is 9.89 Å². The molecule has 5 heteroatoms. The number of aliphatic imine (C=N–C) groups is 1. The van der Waals surface area contributed by atoms with Gasteiger partial charge in [-0.25, -0.2) is 0 Å². The molecule has 0 radical (unpaired) electrons. The van der Waals surface area contributed by atoms with Gasteiger partial charge in [-0.05, 0) is 30.4 Å². The Hall–Kier alpha value is -0.820. The summed E-state index contributed by atoms with van der Waals surface area (Å²) in [5.74, 6) is 0.986. The molecule has 2 N–H and O–H groups in total. The Bertz CT molecular complexity index is 475. The van der Waals surface area contributed by atoms with E-state index in [0.717, 1.165) is 45.1 Å². The van der Waals surface area contributed by atoms with E-state index in [1.165, 1.54) is 30.5 Å². The average molecular weight is 400 g/mol. The second-order valence-corrected chi connectivity index (χ2v) is 5.59. The van der Waals surface area contributed by atoms with Crippen molar-refractivity contribution in [1.29, 1.82) is 0 Å². The van der Waals surface area contributed by atoms with Crippen molar-refractivity contribution in [3.63, 3.8) is 0 Å². The molecule has 2 heterocycles. The number of fused-ring (bicyclic) bond motifs is 1. The van der Waals surface area contributed by atoms with Crippen molar-refractivity contribution in [3.8, 4) is 0 Å². The first kappa shape index (κ1) is 16.5. The van der Waals surface area contributed by atoms with Gasteiger partial charge in [0.25, 0.3) is 0 Å². The zero-order chi connectivity index (χ0) is 13.6. The molecule has 4 nitrogen and oxygen atoms in total. The van der Waals surface area contributed by atoms with Crippen molar-refractivity contribution in [2.45, 2.75) is 25.8 Å².